The lowest BCUT2D eigenvalue weighted by atomic mass is 10.0. The van der Waals surface area contributed by atoms with E-state index < -0.39 is 11.7 Å². The highest BCUT2D eigenvalue weighted by atomic mass is 32.2. The van der Waals surface area contributed by atoms with E-state index in [2.05, 4.69) is 33.8 Å². The number of para-hydroxylation sites is 1. The third-order valence-corrected chi connectivity index (χ3v) is 10.5. The third kappa shape index (κ3) is 5.02. The highest BCUT2D eigenvalue weighted by Crippen LogP contribution is 2.42. The van der Waals surface area contributed by atoms with Crippen LogP contribution in [0.5, 0.6) is 0 Å². The molecule has 4 nitrogen and oxygen atoms in total. The number of nitrogens with zero attached hydrogens (tertiary/aromatic N) is 4. The molecule has 5 rings (SSSR count). The summed E-state index contributed by atoms with van der Waals surface area (Å²) >= 11 is 4.05. The van der Waals surface area contributed by atoms with Crippen LogP contribution in [-0.4, -0.2) is 64.4 Å². The summed E-state index contributed by atoms with van der Waals surface area (Å²) in [6.07, 6.45) is 1.47. The van der Waals surface area contributed by atoms with Crippen LogP contribution >= 0.6 is 23.5 Å². The molecule has 4 heterocycles. The second-order valence-electron chi connectivity index (χ2n) is 9.39. The van der Waals surface area contributed by atoms with E-state index in [1.54, 1.807) is 12.1 Å². The molecule has 4 unspecified atom stereocenters. The molecule has 1 aromatic heterocycles. The summed E-state index contributed by atoms with van der Waals surface area (Å²) in [6, 6.07) is 10.9. The average molecular weight is 509 g/mol. The summed E-state index contributed by atoms with van der Waals surface area (Å²) in [5, 5.41) is 0. The summed E-state index contributed by atoms with van der Waals surface area (Å²) in [7, 11) is 0. The van der Waals surface area contributed by atoms with Gasteiger partial charge in [0.15, 0.2) is 0 Å². The lowest BCUT2D eigenvalue weighted by molar-refractivity contribution is -0.137. The van der Waals surface area contributed by atoms with Gasteiger partial charge in [-0.3, -0.25) is 4.98 Å². The van der Waals surface area contributed by atoms with Crippen LogP contribution in [0.4, 0.5) is 24.5 Å². The molecule has 0 spiro atoms. The van der Waals surface area contributed by atoms with Crippen LogP contribution in [0.2, 0.25) is 0 Å². The van der Waals surface area contributed by atoms with Crippen LogP contribution in [0.15, 0.2) is 48.8 Å². The van der Waals surface area contributed by atoms with Crippen LogP contribution in [0.3, 0.4) is 0 Å². The summed E-state index contributed by atoms with van der Waals surface area (Å²) in [4.78, 5) is 11.0. The van der Waals surface area contributed by atoms with Crippen molar-refractivity contribution < 1.29 is 13.2 Å². The van der Waals surface area contributed by atoms with Crippen molar-refractivity contribution in [3.63, 3.8) is 0 Å². The van der Waals surface area contributed by atoms with E-state index in [-0.39, 0.29) is 6.04 Å². The standard InChI is InChI=1S/C25H31F3N4S2/c1-18-24(34-17-32(18)20-7-10-29-11-8-20)33-14-4-12-30-15-19-9-13-31(23(19)16-30)22-6-3-2-5-21(22)25(26,27)28/h2-3,5-8,10-11,18-19,23-24H,4,9,12-17H2,1H3. The Morgan fingerprint density at radius 2 is 1.88 bits per heavy atom. The van der Waals surface area contributed by atoms with Crippen LogP contribution < -0.4 is 9.80 Å². The Hall–Kier alpha value is -1.58. The zero-order chi connectivity index (χ0) is 23.7. The zero-order valence-electron chi connectivity index (χ0n) is 19.3. The van der Waals surface area contributed by atoms with E-state index in [4.69, 9.17) is 0 Å². The van der Waals surface area contributed by atoms with Gasteiger partial charge in [0.1, 0.15) is 0 Å². The Morgan fingerprint density at radius 1 is 1.09 bits per heavy atom. The van der Waals surface area contributed by atoms with Gasteiger partial charge in [-0.25, -0.2) is 0 Å². The molecule has 184 valence electrons. The largest absolute Gasteiger partial charge is 0.418 e. The first-order valence-electron chi connectivity index (χ1n) is 12.0. The predicted molar refractivity (Wildman–Crippen MR) is 137 cm³/mol. The molecule has 0 amide bonds. The van der Waals surface area contributed by atoms with Gasteiger partial charge in [0.2, 0.25) is 0 Å². The fourth-order valence-corrected chi connectivity index (χ4v) is 8.50. The Balaban J connectivity index is 1.10. The summed E-state index contributed by atoms with van der Waals surface area (Å²) in [5.74, 6) is 2.58. The number of rotatable bonds is 7. The van der Waals surface area contributed by atoms with Crippen LogP contribution in [0.1, 0.15) is 25.3 Å². The molecular weight excluding hydrogens is 477 g/mol. The topological polar surface area (TPSA) is 22.6 Å². The Bertz CT molecular complexity index is 961. The van der Waals surface area contributed by atoms with Gasteiger partial charge in [-0.15, -0.1) is 23.5 Å². The molecule has 0 saturated carbocycles. The third-order valence-electron chi connectivity index (χ3n) is 7.30. The van der Waals surface area contributed by atoms with E-state index in [0.29, 0.717) is 22.2 Å². The van der Waals surface area contributed by atoms with Crippen LogP contribution in [0.25, 0.3) is 0 Å². The molecule has 3 saturated heterocycles. The molecule has 0 bridgehead atoms. The number of aromatic nitrogens is 1. The molecule has 0 radical (unpaired) electrons. The number of fused-ring (bicyclic) bond motifs is 1. The number of likely N-dealkylation sites (tertiary alicyclic amines) is 1. The molecule has 9 heteroatoms. The molecule has 3 fully saturated rings. The zero-order valence-corrected chi connectivity index (χ0v) is 21.0. The van der Waals surface area contributed by atoms with Crippen molar-refractivity contribution in [1.29, 1.82) is 0 Å². The summed E-state index contributed by atoms with van der Waals surface area (Å²) in [6.45, 7) is 5.91. The normalized spacial score (nSPS) is 27.5. The molecule has 0 aliphatic carbocycles. The van der Waals surface area contributed by atoms with Gasteiger partial charge >= 0.3 is 6.18 Å². The Kier molecular flexibility index (Phi) is 7.23. The number of thioether (sulfide) groups is 2. The van der Waals surface area contributed by atoms with Crippen LogP contribution in [0, 0.1) is 5.92 Å². The second-order valence-corrected chi connectivity index (χ2v) is 12.0. The number of anilines is 2. The summed E-state index contributed by atoms with van der Waals surface area (Å²) in [5.41, 5.74) is 1.08. The number of pyridine rings is 1. The number of benzene rings is 1. The lowest BCUT2D eigenvalue weighted by Gasteiger charge is -2.29. The number of hydrogen-bond donors (Lipinski definition) is 0. The monoisotopic (exact) mass is 508 g/mol. The van der Waals surface area contributed by atoms with E-state index in [0.717, 1.165) is 50.7 Å². The fourth-order valence-electron chi connectivity index (χ4n) is 5.57. The maximum Gasteiger partial charge on any atom is 0.418 e. The van der Waals surface area contributed by atoms with Gasteiger partial charge in [0, 0.05) is 55.5 Å². The van der Waals surface area contributed by atoms with E-state index >= 15 is 0 Å². The molecule has 2 aromatic rings. The van der Waals surface area contributed by atoms with Gasteiger partial charge in [-0.05, 0) is 62.2 Å². The van der Waals surface area contributed by atoms with E-state index in [9.17, 15) is 13.2 Å². The number of alkyl halides is 3. The van der Waals surface area contributed by atoms with Crippen molar-refractivity contribution in [2.45, 2.75) is 42.6 Å². The minimum atomic E-state index is -4.31. The van der Waals surface area contributed by atoms with Crippen molar-refractivity contribution in [3.05, 3.63) is 54.4 Å². The first-order chi connectivity index (χ1) is 16.4. The molecular formula is C25H31F3N4S2. The van der Waals surface area contributed by atoms with Crippen molar-refractivity contribution in [1.82, 2.24) is 9.88 Å². The molecule has 34 heavy (non-hydrogen) atoms. The van der Waals surface area contributed by atoms with Crippen molar-refractivity contribution in [3.8, 4) is 0 Å². The molecule has 4 atom stereocenters. The van der Waals surface area contributed by atoms with Gasteiger partial charge in [-0.2, -0.15) is 13.2 Å². The minimum absolute atomic E-state index is 0.190. The van der Waals surface area contributed by atoms with Crippen molar-refractivity contribution in [2.75, 3.05) is 47.6 Å². The Morgan fingerprint density at radius 3 is 2.68 bits per heavy atom. The highest BCUT2D eigenvalue weighted by Gasteiger charge is 2.44. The van der Waals surface area contributed by atoms with E-state index in [1.807, 2.05) is 40.8 Å². The number of halogens is 3. The van der Waals surface area contributed by atoms with Crippen molar-refractivity contribution >= 4 is 34.9 Å². The van der Waals surface area contributed by atoms with Gasteiger partial charge in [0.05, 0.1) is 16.0 Å². The number of hydrogen-bond acceptors (Lipinski definition) is 6. The smallest absolute Gasteiger partial charge is 0.366 e. The highest BCUT2D eigenvalue weighted by molar-refractivity contribution is 8.17. The fraction of sp³-hybridized carbons (Fsp3) is 0.560. The van der Waals surface area contributed by atoms with Crippen LogP contribution in [-0.2, 0) is 6.18 Å². The van der Waals surface area contributed by atoms with E-state index in [1.165, 1.54) is 17.8 Å². The first-order valence-corrected chi connectivity index (χ1v) is 14.1. The second kappa shape index (κ2) is 10.2. The molecule has 1 aromatic carbocycles. The van der Waals surface area contributed by atoms with Gasteiger partial charge in [-0.1, -0.05) is 12.1 Å². The minimum Gasteiger partial charge on any atom is -0.366 e. The summed E-state index contributed by atoms with van der Waals surface area (Å²) < 4.78 is 41.2. The maximum atomic E-state index is 13.6. The lowest BCUT2D eigenvalue weighted by Crippen LogP contribution is -2.36. The Labute approximate surface area is 208 Å². The average Bonchev–Trinajstić information content (AvgIpc) is 3.51. The molecule has 3 aliphatic heterocycles. The first kappa shape index (κ1) is 24.1. The quantitative estimate of drug-likeness (QED) is 0.447. The maximum absolute atomic E-state index is 13.6. The SMILES string of the molecule is CC1C(SCCCN2CC3CCN(c4ccccc4C(F)(F)F)C3C2)SCN1c1ccncc1. The molecule has 0 N–H and O–H groups in total. The van der Waals surface area contributed by atoms with Crippen molar-refractivity contribution in [2.24, 2.45) is 5.92 Å². The predicted octanol–water partition coefficient (Wildman–Crippen LogP) is 5.66. The molecule has 3 aliphatic rings. The van der Waals surface area contributed by atoms with Gasteiger partial charge in [0.25, 0.3) is 0 Å². The van der Waals surface area contributed by atoms with Gasteiger partial charge < -0.3 is 14.7 Å².